The first-order chi connectivity index (χ1) is 13.0. The summed E-state index contributed by atoms with van der Waals surface area (Å²) in [4.78, 5) is 21.0. The van der Waals surface area contributed by atoms with Crippen LogP contribution in [0.25, 0.3) is 11.4 Å². The standard InChI is InChI=1S/C21H24N4O2/c1-15-9-5-6-10-17(15)20(24(2)3)21(26)25(4)14-16-13-19(23-27-16)18-11-7-8-12-22-18/h5-13,20H,14H2,1-4H3. The third-order valence-corrected chi connectivity index (χ3v) is 4.49. The Morgan fingerprint density at radius 2 is 1.81 bits per heavy atom. The molecule has 1 amide bonds. The van der Waals surface area contributed by atoms with E-state index >= 15 is 0 Å². The van der Waals surface area contributed by atoms with Crippen molar-refractivity contribution in [3.63, 3.8) is 0 Å². The minimum Gasteiger partial charge on any atom is -0.359 e. The number of carbonyl (C=O) groups is 1. The number of rotatable bonds is 6. The van der Waals surface area contributed by atoms with Crippen molar-refractivity contribution in [1.82, 2.24) is 19.9 Å². The molecule has 2 aromatic heterocycles. The van der Waals surface area contributed by atoms with Gasteiger partial charge in [-0.05, 0) is 44.3 Å². The molecule has 6 nitrogen and oxygen atoms in total. The van der Waals surface area contributed by atoms with E-state index in [1.807, 2.05) is 74.4 Å². The quantitative estimate of drug-likeness (QED) is 0.671. The highest BCUT2D eigenvalue weighted by Crippen LogP contribution is 2.25. The monoisotopic (exact) mass is 364 g/mol. The Balaban J connectivity index is 1.77. The van der Waals surface area contributed by atoms with Gasteiger partial charge in [0, 0.05) is 19.3 Å². The van der Waals surface area contributed by atoms with Crippen LogP contribution in [-0.2, 0) is 11.3 Å². The first kappa shape index (κ1) is 18.8. The summed E-state index contributed by atoms with van der Waals surface area (Å²) in [6.07, 6.45) is 1.71. The van der Waals surface area contributed by atoms with Gasteiger partial charge in [-0.1, -0.05) is 35.5 Å². The summed E-state index contributed by atoms with van der Waals surface area (Å²) >= 11 is 0. The normalized spacial score (nSPS) is 12.2. The highest BCUT2D eigenvalue weighted by molar-refractivity contribution is 5.83. The zero-order valence-corrected chi connectivity index (χ0v) is 16.1. The topological polar surface area (TPSA) is 62.5 Å². The number of likely N-dealkylation sites (N-methyl/N-ethyl adjacent to an activating group) is 2. The van der Waals surface area contributed by atoms with Gasteiger partial charge >= 0.3 is 0 Å². The second-order valence-electron chi connectivity index (χ2n) is 6.81. The predicted octanol–water partition coefficient (Wildman–Crippen LogP) is 3.31. The van der Waals surface area contributed by atoms with E-state index in [1.54, 1.807) is 18.1 Å². The van der Waals surface area contributed by atoms with Crippen LogP contribution in [0, 0.1) is 6.92 Å². The van der Waals surface area contributed by atoms with E-state index in [-0.39, 0.29) is 11.9 Å². The molecule has 0 bridgehead atoms. The molecule has 140 valence electrons. The highest BCUT2D eigenvalue weighted by Gasteiger charge is 2.27. The molecule has 27 heavy (non-hydrogen) atoms. The molecule has 1 aromatic carbocycles. The van der Waals surface area contributed by atoms with Crippen molar-refractivity contribution in [2.75, 3.05) is 21.1 Å². The zero-order chi connectivity index (χ0) is 19.4. The van der Waals surface area contributed by atoms with E-state index in [4.69, 9.17) is 4.52 Å². The number of carbonyl (C=O) groups excluding carboxylic acids is 1. The Kier molecular flexibility index (Phi) is 5.66. The Morgan fingerprint density at radius 1 is 1.07 bits per heavy atom. The van der Waals surface area contributed by atoms with Gasteiger partial charge in [0.25, 0.3) is 0 Å². The molecule has 3 rings (SSSR count). The van der Waals surface area contributed by atoms with Crippen molar-refractivity contribution in [3.05, 3.63) is 71.6 Å². The fraction of sp³-hybridized carbons (Fsp3) is 0.286. The van der Waals surface area contributed by atoms with Gasteiger partial charge in [0.2, 0.25) is 5.91 Å². The van der Waals surface area contributed by atoms with Gasteiger partial charge in [0.1, 0.15) is 11.7 Å². The number of nitrogens with zero attached hydrogens (tertiary/aromatic N) is 4. The Hall–Kier alpha value is -2.99. The van der Waals surface area contributed by atoms with Crippen LogP contribution >= 0.6 is 0 Å². The lowest BCUT2D eigenvalue weighted by Crippen LogP contribution is -2.38. The van der Waals surface area contributed by atoms with Gasteiger partial charge in [-0.25, -0.2) is 0 Å². The molecule has 0 aliphatic carbocycles. The third kappa shape index (κ3) is 4.23. The molecule has 0 radical (unpaired) electrons. The van der Waals surface area contributed by atoms with E-state index in [9.17, 15) is 4.79 Å². The first-order valence-electron chi connectivity index (χ1n) is 8.81. The lowest BCUT2D eigenvalue weighted by Gasteiger charge is -2.29. The maximum Gasteiger partial charge on any atom is 0.244 e. The van der Waals surface area contributed by atoms with Gasteiger partial charge < -0.3 is 9.42 Å². The number of aromatic nitrogens is 2. The number of pyridine rings is 1. The second-order valence-corrected chi connectivity index (χ2v) is 6.81. The molecular formula is C21H24N4O2. The fourth-order valence-corrected chi connectivity index (χ4v) is 3.07. The Labute approximate surface area is 159 Å². The Bertz CT molecular complexity index is 905. The summed E-state index contributed by atoms with van der Waals surface area (Å²) in [5.74, 6) is 0.624. The van der Waals surface area contributed by atoms with Crippen LogP contribution in [0.4, 0.5) is 0 Å². The van der Waals surface area contributed by atoms with Crippen molar-refractivity contribution in [3.8, 4) is 11.4 Å². The highest BCUT2D eigenvalue weighted by atomic mass is 16.5. The van der Waals surface area contributed by atoms with Crippen molar-refractivity contribution < 1.29 is 9.32 Å². The molecule has 0 spiro atoms. The molecule has 1 atom stereocenters. The molecule has 0 fully saturated rings. The van der Waals surface area contributed by atoms with Crippen LogP contribution in [0.15, 0.2) is 59.3 Å². The number of hydrogen-bond donors (Lipinski definition) is 0. The van der Waals surface area contributed by atoms with Crippen LogP contribution in [-0.4, -0.2) is 47.0 Å². The average Bonchev–Trinajstić information content (AvgIpc) is 3.12. The SMILES string of the molecule is Cc1ccccc1C(C(=O)N(C)Cc1cc(-c2ccccn2)no1)N(C)C. The maximum absolute atomic E-state index is 13.1. The number of amides is 1. The molecule has 0 saturated heterocycles. The number of hydrogen-bond acceptors (Lipinski definition) is 5. The molecule has 0 aliphatic heterocycles. The minimum absolute atomic E-state index is 0.00471. The number of aryl methyl sites for hydroxylation is 1. The van der Waals surface area contributed by atoms with Crippen molar-refractivity contribution in [2.24, 2.45) is 0 Å². The maximum atomic E-state index is 13.1. The molecule has 0 aliphatic rings. The first-order valence-corrected chi connectivity index (χ1v) is 8.81. The summed E-state index contributed by atoms with van der Waals surface area (Å²) in [7, 11) is 5.60. The zero-order valence-electron chi connectivity index (χ0n) is 16.1. The van der Waals surface area contributed by atoms with E-state index in [0.29, 0.717) is 18.0 Å². The van der Waals surface area contributed by atoms with Crippen LogP contribution in [0.3, 0.4) is 0 Å². The summed E-state index contributed by atoms with van der Waals surface area (Å²) in [6.45, 7) is 2.36. The van der Waals surface area contributed by atoms with Gasteiger partial charge in [-0.2, -0.15) is 0 Å². The second kappa shape index (κ2) is 8.14. The molecule has 1 unspecified atom stereocenters. The third-order valence-electron chi connectivity index (χ3n) is 4.49. The van der Waals surface area contributed by atoms with Crippen LogP contribution in [0.1, 0.15) is 22.9 Å². The largest absolute Gasteiger partial charge is 0.359 e. The van der Waals surface area contributed by atoms with E-state index in [1.165, 1.54) is 0 Å². The van der Waals surface area contributed by atoms with E-state index in [2.05, 4.69) is 10.1 Å². The van der Waals surface area contributed by atoms with Crippen molar-refractivity contribution in [2.45, 2.75) is 19.5 Å². The predicted molar refractivity (Wildman–Crippen MR) is 104 cm³/mol. The number of benzene rings is 1. The summed E-state index contributed by atoms with van der Waals surface area (Å²) in [6, 6.07) is 15.1. The van der Waals surface area contributed by atoms with Gasteiger partial charge in [0.15, 0.2) is 5.76 Å². The van der Waals surface area contributed by atoms with Gasteiger partial charge in [-0.15, -0.1) is 0 Å². The van der Waals surface area contributed by atoms with Crippen molar-refractivity contribution >= 4 is 5.91 Å². The molecule has 0 saturated carbocycles. The minimum atomic E-state index is -0.352. The molecule has 0 N–H and O–H groups in total. The summed E-state index contributed by atoms with van der Waals surface area (Å²) in [5, 5.41) is 4.07. The summed E-state index contributed by atoms with van der Waals surface area (Å²) in [5.41, 5.74) is 3.50. The van der Waals surface area contributed by atoms with Crippen molar-refractivity contribution in [1.29, 1.82) is 0 Å². The Morgan fingerprint density at radius 3 is 2.48 bits per heavy atom. The molecule has 2 heterocycles. The van der Waals surface area contributed by atoms with E-state index in [0.717, 1.165) is 16.8 Å². The van der Waals surface area contributed by atoms with Gasteiger partial charge in [-0.3, -0.25) is 14.7 Å². The lowest BCUT2D eigenvalue weighted by atomic mass is 9.99. The smallest absolute Gasteiger partial charge is 0.244 e. The van der Waals surface area contributed by atoms with Crippen LogP contribution in [0.2, 0.25) is 0 Å². The summed E-state index contributed by atoms with van der Waals surface area (Å²) < 4.78 is 5.41. The molecule has 6 heteroatoms. The molecule has 3 aromatic rings. The average molecular weight is 364 g/mol. The molecular weight excluding hydrogens is 340 g/mol. The van der Waals surface area contributed by atoms with Gasteiger partial charge in [0.05, 0.1) is 12.2 Å². The van der Waals surface area contributed by atoms with E-state index < -0.39 is 0 Å². The van der Waals surface area contributed by atoms with Crippen LogP contribution in [0.5, 0.6) is 0 Å². The lowest BCUT2D eigenvalue weighted by molar-refractivity contribution is -0.135. The van der Waals surface area contributed by atoms with Crippen LogP contribution < -0.4 is 0 Å². The fourth-order valence-electron chi connectivity index (χ4n) is 3.07.